The van der Waals surface area contributed by atoms with E-state index in [9.17, 15) is 18.0 Å². The Kier molecular flexibility index (Phi) is 6.11. The molecule has 1 amide bonds. The SMILES string of the molecule is CN(C1CCCCC1)S(=O)(=O)c1ccc(NC(=O)CC2OC(=O)c3ccccc32)cc1. The summed E-state index contributed by atoms with van der Waals surface area (Å²) in [6.07, 6.45) is 4.41. The Bertz CT molecular complexity index is 1080. The van der Waals surface area contributed by atoms with Crippen LogP contribution in [0.15, 0.2) is 53.4 Å². The van der Waals surface area contributed by atoms with Crippen LogP contribution < -0.4 is 5.32 Å². The maximum Gasteiger partial charge on any atom is 0.339 e. The quantitative estimate of drug-likeness (QED) is 0.686. The maximum atomic E-state index is 12.9. The monoisotopic (exact) mass is 442 g/mol. The van der Waals surface area contributed by atoms with E-state index >= 15 is 0 Å². The smallest absolute Gasteiger partial charge is 0.339 e. The highest BCUT2D eigenvalue weighted by molar-refractivity contribution is 7.89. The second-order valence-corrected chi connectivity index (χ2v) is 10.1. The van der Waals surface area contributed by atoms with Crippen molar-refractivity contribution in [2.75, 3.05) is 12.4 Å². The number of cyclic esters (lactones) is 1. The van der Waals surface area contributed by atoms with Gasteiger partial charge in [-0.1, -0.05) is 37.5 Å². The number of benzene rings is 2. The first kappa shape index (κ1) is 21.5. The largest absolute Gasteiger partial charge is 0.453 e. The van der Waals surface area contributed by atoms with Gasteiger partial charge in [-0.05, 0) is 43.2 Å². The third kappa shape index (κ3) is 4.50. The molecule has 7 nitrogen and oxygen atoms in total. The van der Waals surface area contributed by atoms with Crippen LogP contribution in [0.2, 0.25) is 0 Å². The van der Waals surface area contributed by atoms with Crippen molar-refractivity contribution in [3.8, 4) is 0 Å². The summed E-state index contributed by atoms with van der Waals surface area (Å²) >= 11 is 0. The molecule has 0 aromatic heterocycles. The van der Waals surface area contributed by atoms with Crippen LogP contribution in [0.4, 0.5) is 5.69 Å². The minimum Gasteiger partial charge on any atom is -0.453 e. The lowest BCUT2D eigenvalue weighted by molar-refractivity contribution is -0.118. The lowest BCUT2D eigenvalue weighted by Gasteiger charge is -2.30. The highest BCUT2D eigenvalue weighted by atomic mass is 32.2. The van der Waals surface area contributed by atoms with Crippen LogP contribution in [0.1, 0.15) is 60.6 Å². The van der Waals surface area contributed by atoms with E-state index in [0.717, 1.165) is 32.1 Å². The maximum absolute atomic E-state index is 12.9. The molecule has 0 radical (unpaired) electrons. The Morgan fingerprint density at radius 3 is 2.45 bits per heavy atom. The van der Waals surface area contributed by atoms with Crippen molar-refractivity contribution in [2.24, 2.45) is 0 Å². The fourth-order valence-electron chi connectivity index (χ4n) is 4.27. The average Bonchev–Trinajstić information content (AvgIpc) is 3.09. The minimum atomic E-state index is -3.58. The third-order valence-electron chi connectivity index (χ3n) is 6.05. The van der Waals surface area contributed by atoms with Crippen LogP contribution in [0, 0.1) is 0 Å². The molecule has 1 heterocycles. The van der Waals surface area contributed by atoms with Crippen molar-refractivity contribution in [1.29, 1.82) is 0 Å². The molecular formula is C23H26N2O5S. The molecule has 2 aromatic carbocycles. The molecule has 8 heteroatoms. The van der Waals surface area contributed by atoms with Crippen LogP contribution in [-0.4, -0.2) is 37.7 Å². The topological polar surface area (TPSA) is 92.8 Å². The molecule has 0 saturated heterocycles. The van der Waals surface area contributed by atoms with Gasteiger partial charge in [0.25, 0.3) is 0 Å². The molecule has 1 unspecified atom stereocenters. The van der Waals surface area contributed by atoms with E-state index in [1.54, 1.807) is 43.4 Å². The highest BCUT2D eigenvalue weighted by Crippen LogP contribution is 2.33. The number of esters is 1. The molecule has 1 fully saturated rings. The van der Waals surface area contributed by atoms with Gasteiger partial charge in [-0.15, -0.1) is 0 Å². The number of hydrogen-bond donors (Lipinski definition) is 1. The second kappa shape index (κ2) is 8.80. The number of carbonyl (C=O) groups excluding carboxylic acids is 2. The number of nitrogens with zero attached hydrogens (tertiary/aromatic N) is 1. The molecule has 0 bridgehead atoms. The number of hydrogen-bond acceptors (Lipinski definition) is 5. The van der Waals surface area contributed by atoms with E-state index in [2.05, 4.69) is 5.32 Å². The Labute approximate surface area is 182 Å². The van der Waals surface area contributed by atoms with Crippen molar-refractivity contribution < 1.29 is 22.7 Å². The number of rotatable bonds is 6. The first-order valence-corrected chi connectivity index (χ1v) is 12.0. The summed E-state index contributed by atoms with van der Waals surface area (Å²) in [7, 11) is -1.94. The molecule has 1 atom stereocenters. The van der Waals surface area contributed by atoms with Gasteiger partial charge in [0.1, 0.15) is 6.10 Å². The molecular weight excluding hydrogens is 416 g/mol. The number of anilines is 1. The Morgan fingerprint density at radius 1 is 1.06 bits per heavy atom. The molecule has 2 aromatic rings. The van der Waals surface area contributed by atoms with Gasteiger partial charge in [-0.3, -0.25) is 4.79 Å². The summed E-state index contributed by atoms with van der Waals surface area (Å²) in [5.74, 6) is -0.741. The van der Waals surface area contributed by atoms with Gasteiger partial charge in [-0.2, -0.15) is 4.31 Å². The first-order chi connectivity index (χ1) is 14.9. The normalized spacial score (nSPS) is 19.2. The summed E-state index contributed by atoms with van der Waals surface area (Å²) in [5, 5.41) is 2.75. The lowest BCUT2D eigenvalue weighted by atomic mass is 9.96. The number of amides is 1. The summed E-state index contributed by atoms with van der Waals surface area (Å²) < 4.78 is 32.6. The minimum absolute atomic E-state index is 0.00673. The van der Waals surface area contributed by atoms with Gasteiger partial charge in [-0.25, -0.2) is 13.2 Å². The zero-order valence-corrected chi connectivity index (χ0v) is 18.2. The van der Waals surface area contributed by atoms with Crippen LogP contribution in [0.5, 0.6) is 0 Å². The van der Waals surface area contributed by atoms with Gasteiger partial charge in [0.2, 0.25) is 15.9 Å². The highest BCUT2D eigenvalue weighted by Gasteiger charge is 2.32. The van der Waals surface area contributed by atoms with Crippen LogP contribution in [0.25, 0.3) is 0 Å². The molecule has 31 heavy (non-hydrogen) atoms. The van der Waals surface area contributed by atoms with Crippen LogP contribution in [-0.2, 0) is 19.6 Å². The van der Waals surface area contributed by atoms with Crippen molar-refractivity contribution >= 4 is 27.6 Å². The molecule has 2 aliphatic rings. The Balaban J connectivity index is 1.39. The van der Waals surface area contributed by atoms with Crippen molar-refractivity contribution in [1.82, 2.24) is 4.31 Å². The average molecular weight is 443 g/mol. The van der Waals surface area contributed by atoms with Gasteiger partial charge in [0, 0.05) is 24.3 Å². The summed E-state index contributed by atoms with van der Waals surface area (Å²) in [6.45, 7) is 0. The molecule has 1 N–H and O–H groups in total. The molecule has 4 rings (SSSR count). The van der Waals surface area contributed by atoms with Gasteiger partial charge in [0.15, 0.2) is 0 Å². The van der Waals surface area contributed by atoms with E-state index in [4.69, 9.17) is 4.74 Å². The molecule has 164 valence electrons. The molecule has 0 spiro atoms. The van der Waals surface area contributed by atoms with Crippen molar-refractivity contribution in [2.45, 2.75) is 55.6 Å². The third-order valence-corrected chi connectivity index (χ3v) is 7.98. The Hall–Kier alpha value is -2.71. The van der Waals surface area contributed by atoms with E-state index in [1.807, 2.05) is 0 Å². The Morgan fingerprint density at radius 2 is 1.74 bits per heavy atom. The fourth-order valence-corrected chi connectivity index (χ4v) is 5.69. The predicted molar refractivity (Wildman–Crippen MR) is 116 cm³/mol. The number of sulfonamides is 1. The summed E-state index contributed by atoms with van der Waals surface area (Å²) in [6, 6.07) is 13.2. The van der Waals surface area contributed by atoms with Gasteiger partial charge in [0.05, 0.1) is 16.9 Å². The van der Waals surface area contributed by atoms with Crippen molar-refractivity contribution in [3.63, 3.8) is 0 Å². The first-order valence-electron chi connectivity index (χ1n) is 10.5. The van der Waals surface area contributed by atoms with Crippen LogP contribution >= 0.6 is 0 Å². The molecule has 1 aliphatic heterocycles. The van der Waals surface area contributed by atoms with E-state index in [-0.39, 0.29) is 23.3 Å². The van der Waals surface area contributed by atoms with Crippen molar-refractivity contribution in [3.05, 3.63) is 59.7 Å². The standard InChI is InChI=1S/C23H26N2O5S/c1-25(17-7-3-2-4-8-17)31(28,29)18-13-11-16(12-14-18)24-22(26)15-21-19-9-5-6-10-20(19)23(27)30-21/h5-6,9-14,17,21H,2-4,7-8,15H2,1H3,(H,24,26). The molecule has 1 saturated carbocycles. The fraction of sp³-hybridized carbons (Fsp3) is 0.391. The van der Waals surface area contributed by atoms with E-state index in [0.29, 0.717) is 16.8 Å². The number of nitrogens with one attached hydrogen (secondary N) is 1. The number of fused-ring (bicyclic) bond motifs is 1. The summed E-state index contributed by atoms with van der Waals surface area (Å²) in [4.78, 5) is 24.6. The van der Waals surface area contributed by atoms with E-state index < -0.39 is 22.1 Å². The predicted octanol–water partition coefficient (Wildman–Crippen LogP) is 3.88. The summed E-state index contributed by atoms with van der Waals surface area (Å²) in [5.41, 5.74) is 1.67. The molecule has 1 aliphatic carbocycles. The zero-order chi connectivity index (χ0) is 22.0. The lowest BCUT2D eigenvalue weighted by Crippen LogP contribution is -2.38. The van der Waals surface area contributed by atoms with Crippen LogP contribution in [0.3, 0.4) is 0 Å². The zero-order valence-electron chi connectivity index (χ0n) is 17.4. The van der Waals surface area contributed by atoms with Gasteiger partial charge < -0.3 is 10.1 Å². The van der Waals surface area contributed by atoms with Gasteiger partial charge >= 0.3 is 5.97 Å². The number of carbonyl (C=O) groups is 2. The number of ether oxygens (including phenoxy) is 1. The second-order valence-electron chi connectivity index (χ2n) is 8.07. The van der Waals surface area contributed by atoms with E-state index in [1.165, 1.54) is 16.4 Å².